The van der Waals surface area contributed by atoms with Gasteiger partial charge in [-0.25, -0.2) is 8.42 Å². The molecule has 0 aliphatic heterocycles. The van der Waals surface area contributed by atoms with E-state index in [1.54, 1.807) is 37.3 Å². The molecule has 8 heteroatoms. The summed E-state index contributed by atoms with van der Waals surface area (Å²) in [6.45, 7) is 0.845. The first-order valence-electron chi connectivity index (χ1n) is 10.5. The Balaban J connectivity index is 1.57. The van der Waals surface area contributed by atoms with E-state index >= 15 is 0 Å². The third kappa shape index (κ3) is 6.73. The number of methoxy groups -OCH3 is 1. The van der Waals surface area contributed by atoms with Gasteiger partial charge in [0.05, 0.1) is 29.9 Å². The van der Waals surface area contributed by atoms with E-state index in [9.17, 15) is 13.2 Å². The molecule has 1 amide bonds. The average Bonchev–Trinajstić information content (AvgIpc) is 2.82. The number of para-hydroxylation sites is 1. The molecular weight excluding hydrogens is 440 g/mol. The van der Waals surface area contributed by atoms with Crippen LogP contribution < -0.4 is 14.8 Å². The second-order valence-electron chi connectivity index (χ2n) is 7.57. The fraction of sp³-hybridized carbons (Fsp3) is 0.240. The van der Waals surface area contributed by atoms with Crippen molar-refractivity contribution >= 4 is 27.1 Å². The molecule has 3 rings (SSSR count). The van der Waals surface area contributed by atoms with E-state index in [0.717, 1.165) is 17.7 Å². The second-order valence-corrected chi connectivity index (χ2v) is 9.59. The van der Waals surface area contributed by atoms with Gasteiger partial charge in [0.15, 0.2) is 9.84 Å². The number of hydrogen-bond donors (Lipinski definition) is 1. The molecule has 0 fully saturated rings. The molecular formula is C25H28N2O5S. The topological polar surface area (TPSA) is 84.9 Å². The molecule has 3 aromatic rings. The van der Waals surface area contributed by atoms with Crippen LogP contribution in [0.25, 0.3) is 0 Å². The van der Waals surface area contributed by atoms with Gasteiger partial charge in [-0.1, -0.05) is 18.2 Å². The maximum atomic E-state index is 13.0. The molecule has 0 bridgehead atoms. The second kappa shape index (κ2) is 10.9. The lowest BCUT2D eigenvalue weighted by Gasteiger charge is -2.20. The van der Waals surface area contributed by atoms with Gasteiger partial charge in [0, 0.05) is 25.5 Å². The minimum atomic E-state index is -3.29. The normalized spacial score (nSPS) is 11.0. The van der Waals surface area contributed by atoms with Crippen molar-refractivity contribution in [2.75, 3.05) is 38.9 Å². The molecule has 0 aromatic heterocycles. The Morgan fingerprint density at radius 1 is 0.970 bits per heavy atom. The molecule has 7 nitrogen and oxygen atoms in total. The van der Waals surface area contributed by atoms with Crippen molar-refractivity contribution in [1.82, 2.24) is 4.90 Å². The summed E-state index contributed by atoms with van der Waals surface area (Å²) in [5.74, 6) is 1.14. The standard InChI is InChI=1S/C25H28N2O5S/c1-27(16-7-17-32-21-8-6-9-22(18-21)33(3,29)30)25(28)23-10-4-5-11-24(23)26-19-12-14-20(31-2)15-13-19/h4-6,8-15,18,26H,7,16-17H2,1-3H3. The summed E-state index contributed by atoms with van der Waals surface area (Å²) in [7, 11) is 0.0752. The number of anilines is 2. The Bertz CT molecular complexity index is 1190. The SMILES string of the molecule is COc1ccc(Nc2ccccc2C(=O)N(C)CCCOc2cccc(S(C)(=O)=O)c2)cc1. The van der Waals surface area contributed by atoms with Crippen molar-refractivity contribution in [3.05, 3.63) is 78.4 Å². The highest BCUT2D eigenvalue weighted by atomic mass is 32.2. The van der Waals surface area contributed by atoms with Crippen LogP contribution in [0.15, 0.2) is 77.7 Å². The zero-order valence-corrected chi connectivity index (χ0v) is 19.8. The summed E-state index contributed by atoms with van der Waals surface area (Å²) in [6.07, 6.45) is 1.76. The monoisotopic (exact) mass is 468 g/mol. The first kappa shape index (κ1) is 24.1. The maximum absolute atomic E-state index is 13.0. The van der Waals surface area contributed by atoms with Crippen LogP contribution in [0.3, 0.4) is 0 Å². The fourth-order valence-electron chi connectivity index (χ4n) is 3.20. The number of ether oxygens (including phenoxy) is 2. The summed E-state index contributed by atoms with van der Waals surface area (Å²) in [5, 5.41) is 3.29. The number of nitrogens with zero attached hydrogens (tertiary/aromatic N) is 1. The quantitative estimate of drug-likeness (QED) is 0.445. The van der Waals surface area contributed by atoms with E-state index in [1.165, 1.54) is 12.1 Å². The van der Waals surface area contributed by atoms with Crippen LogP contribution in [0.1, 0.15) is 16.8 Å². The summed E-state index contributed by atoms with van der Waals surface area (Å²) in [5.41, 5.74) is 2.13. The third-order valence-electron chi connectivity index (χ3n) is 5.01. The van der Waals surface area contributed by atoms with E-state index in [-0.39, 0.29) is 10.8 Å². The van der Waals surface area contributed by atoms with Crippen LogP contribution in [0.5, 0.6) is 11.5 Å². The van der Waals surface area contributed by atoms with Crippen molar-refractivity contribution in [2.45, 2.75) is 11.3 Å². The van der Waals surface area contributed by atoms with Crippen molar-refractivity contribution in [2.24, 2.45) is 0 Å². The number of rotatable bonds is 10. The van der Waals surface area contributed by atoms with Crippen molar-refractivity contribution in [1.29, 1.82) is 0 Å². The van der Waals surface area contributed by atoms with Gasteiger partial charge in [-0.05, 0) is 61.0 Å². The molecule has 33 heavy (non-hydrogen) atoms. The van der Waals surface area contributed by atoms with E-state index in [0.29, 0.717) is 36.6 Å². The average molecular weight is 469 g/mol. The first-order valence-corrected chi connectivity index (χ1v) is 12.4. The molecule has 0 aliphatic carbocycles. The van der Waals surface area contributed by atoms with Gasteiger partial charge in [0.2, 0.25) is 0 Å². The Morgan fingerprint density at radius 2 is 1.70 bits per heavy atom. The lowest BCUT2D eigenvalue weighted by atomic mass is 10.1. The number of carbonyl (C=O) groups is 1. The largest absolute Gasteiger partial charge is 0.497 e. The van der Waals surface area contributed by atoms with Gasteiger partial charge in [0.25, 0.3) is 5.91 Å². The minimum Gasteiger partial charge on any atom is -0.497 e. The summed E-state index contributed by atoms with van der Waals surface area (Å²) >= 11 is 0. The Kier molecular flexibility index (Phi) is 7.95. The van der Waals surface area contributed by atoms with E-state index in [4.69, 9.17) is 9.47 Å². The van der Waals surface area contributed by atoms with Gasteiger partial charge in [-0.3, -0.25) is 4.79 Å². The molecule has 0 saturated heterocycles. The molecule has 0 aliphatic rings. The lowest BCUT2D eigenvalue weighted by molar-refractivity contribution is 0.0789. The van der Waals surface area contributed by atoms with Gasteiger partial charge in [-0.2, -0.15) is 0 Å². The highest BCUT2D eigenvalue weighted by Crippen LogP contribution is 2.24. The molecule has 0 heterocycles. The van der Waals surface area contributed by atoms with Crippen molar-refractivity contribution < 1.29 is 22.7 Å². The van der Waals surface area contributed by atoms with E-state index in [2.05, 4.69) is 5.32 Å². The molecule has 3 aromatic carbocycles. The number of amides is 1. The van der Waals surface area contributed by atoms with Gasteiger partial charge >= 0.3 is 0 Å². The molecule has 1 N–H and O–H groups in total. The minimum absolute atomic E-state index is 0.106. The van der Waals surface area contributed by atoms with Crippen molar-refractivity contribution in [3.8, 4) is 11.5 Å². The highest BCUT2D eigenvalue weighted by Gasteiger charge is 2.16. The Labute approximate surface area is 194 Å². The number of nitrogens with one attached hydrogen (secondary N) is 1. The zero-order valence-electron chi connectivity index (χ0n) is 18.9. The van der Waals surface area contributed by atoms with E-state index in [1.807, 2.05) is 42.5 Å². The number of carbonyl (C=O) groups excluding carboxylic acids is 1. The van der Waals surface area contributed by atoms with Crippen LogP contribution in [0, 0.1) is 0 Å². The molecule has 0 atom stereocenters. The molecule has 0 saturated carbocycles. The number of hydrogen-bond acceptors (Lipinski definition) is 6. The number of benzene rings is 3. The summed E-state index contributed by atoms with van der Waals surface area (Å²) in [4.78, 5) is 14.9. The van der Waals surface area contributed by atoms with Gasteiger partial charge in [0.1, 0.15) is 11.5 Å². The van der Waals surface area contributed by atoms with Gasteiger partial charge in [-0.15, -0.1) is 0 Å². The lowest BCUT2D eigenvalue weighted by Crippen LogP contribution is -2.29. The van der Waals surface area contributed by atoms with Crippen LogP contribution in [-0.4, -0.2) is 52.8 Å². The Hall–Kier alpha value is -3.52. The first-order chi connectivity index (χ1) is 15.8. The van der Waals surface area contributed by atoms with Crippen LogP contribution in [0.4, 0.5) is 11.4 Å². The zero-order chi connectivity index (χ0) is 23.8. The molecule has 0 spiro atoms. The third-order valence-corrected chi connectivity index (χ3v) is 6.12. The summed E-state index contributed by atoms with van der Waals surface area (Å²) < 4.78 is 34.2. The predicted molar refractivity (Wildman–Crippen MR) is 129 cm³/mol. The summed E-state index contributed by atoms with van der Waals surface area (Å²) in [6, 6.07) is 21.2. The van der Waals surface area contributed by atoms with Crippen LogP contribution in [0.2, 0.25) is 0 Å². The highest BCUT2D eigenvalue weighted by molar-refractivity contribution is 7.90. The number of sulfone groups is 1. The molecule has 0 unspecified atom stereocenters. The van der Waals surface area contributed by atoms with Crippen LogP contribution in [-0.2, 0) is 9.84 Å². The predicted octanol–water partition coefficient (Wildman–Crippen LogP) is 4.38. The van der Waals surface area contributed by atoms with Crippen LogP contribution >= 0.6 is 0 Å². The smallest absolute Gasteiger partial charge is 0.255 e. The van der Waals surface area contributed by atoms with Crippen molar-refractivity contribution in [3.63, 3.8) is 0 Å². The Morgan fingerprint density at radius 3 is 2.39 bits per heavy atom. The maximum Gasteiger partial charge on any atom is 0.255 e. The molecule has 0 radical (unpaired) electrons. The molecule has 174 valence electrons. The van der Waals surface area contributed by atoms with E-state index < -0.39 is 9.84 Å². The van der Waals surface area contributed by atoms with Gasteiger partial charge < -0.3 is 19.7 Å². The fourth-order valence-corrected chi connectivity index (χ4v) is 3.86.